The number of benzene rings is 1. The van der Waals surface area contributed by atoms with Crippen molar-refractivity contribution in [2.24, 2.45) is 11.8 Å². The number of amides is 2. The summed E-state index contributed by atoms with van der Waals surface area (Å²) in [6, 6.07) is 6.97. The van der Waals surface area contributed by atoms with E-state index in [2.05, 4.69) is 15.8 Å². The van der Waals surface area contributed by atoms with Crippen molar-refractivity contribution in [2.45, 2.75) is 44.2 Å². The lowest BCUT2D eigenvalue weighted by Crippen LogP contribution is -2.41. The smallest absolute Gasteiger partial charge is 0.226 e. The van der Waals surface area contributed by atoms with Crippen LogP contribution >= 0.6 is 0 Å². The SMILES string of the molecule is O=C(Cc1noc2ccccc12)N[C@H]1C[C@H](C(=O)NCC2CC2)C[C@@H]1O. The van der Waals surface area contributed by atoms with E-state index in [4.69, 9.17) is 4.52 Å². The molecule has 3 atom stereocenters. The van der Waals surface area contributed by atoms with E-state index in [1.807, 2.05) is 18.2 Å². The number of carbonyl (C=O) groups is 2. The first kappa shape index (κ1) is 17.0. The Kier molecular flexibility index (Phi) is 4.63. The average Bonchev–Trinajstić information content (AvgIpc) is 3.28. The molecule has 3 N–H and O–H groups in total. The molecule has 0 saturated heterocycles. The van der Waals surface area contributed by atoms with Gasteiger partial charge in [-0.15, -0.1) is 0 Å². The van der Waals surface area contributed by atoms with E-state index in [-0.39, 0.29) is 24.2 Å². The lowest BCUT2D eigenvalue weighted by atomic mass is 10.1. The Morgan fingerprint density at radius 3 is 2.85 bits per heavy atom. The van der Waals surface area contributed by atoms with Crippen molar-refractivity contribution in [1.82, 2.24) is 15.8 Å². The van der Waals surface area contributed by atoms with Crippen molar-refractivity contribution in [1.29, 1.82) is 0 Å². The topological polar surface area (TPSA) is 104 Å². The van der Waals surface area contributed by atoms with E-state index in [0.29, 0.717) is 30.0 Å². The van der Waals surface area contributed by atoms with Crippen LogP contribution in [0, 0.1) is 11.8 Å². The third-order valence-corrected chi connectivity index (χ3v) is 5.29. The van der Waals surface area contributed by atoms with Crippen LogP contribution in [0.1, 0.15) is 31.4 Å². The summed E-state index contributed by atoms with van der Waals surface area (Å²) in [6.45, 7) is 0.724. The zero-order chi connectivity index (χ0) is 18.1. The van der Waals surface area contributed by atoms with Crippen LogP contribution in [0.4, 0.5) is 0 Å². The van der Waals surface area contributed by atoms with Crippen LogP contribution in [-0.4, -0.2) is 40.8 Å². The molecule has 1 aromatic carbocycles. The Hall–Kier alpha value is -2.41. The van der Waals surface area contributed by atoms with Crippen LogP contribution < -0.4 is 10.6 Å². The zero-order valence-electron chi connectivity index (χ0n) is 14.5. The zero-order valence-corrected chi connectivity index (χ0v) is 14.5. The highest BCUT2D eigenvalue weighted by Gasteiger charge is 2.38. The molecule has 2 aliphatic carbocycles. The van der Waals surface area contributed by atoms with Gasteiger partial charge in [-0.2, -0.15) is 0 Å². The fraction of sp³-hybridized carbons (Fsp3) is 0.526. The first-order valence-electron chi connectivity index (χ1n) is 9.18. The van der Waals surface area contributed by atoms with Crippen LogP contribution in [0.2, 0.25) is 0 Å². The molecule has 1 aromatic heterocycles. The molecule has 0 spiro atoms. The maximum absolute atomic E-state index is 12.4. The van der Waals surface area contributed by atoms with Gasteiger partial charge in [-0.3, -0.25) is 9.59 Å². The van der Waals surface area contributed by atoms with Gasteiger partial charge in [0.05, 0.1) is 18.6 Å². The van der Waals surface area contributed by atoms with E-state index in [1.54, 1.807) is 6.07 Å². The highest BCUT2D eigenvalue weighted by atomic mass is 16.5. The van der Waals surface area contributed by atoms with Crippen molar-refractivity contribution in [3.63, 3.8) is 0 Å². The molecule has 2 aliphatic rings. The largest absolute Gasteiger partial charge is 0.391 e. The Bertz CT molecular complexity index is 814. The summed E-state index contributed by atoms with van der Waals surface area (Å²) in [4.78, 5) is 24.6. The monoisotopic (exact) mass is 357 g/mol. The second-order valence-electron chi connectivity index (χ2n) is 7.40. The quantitative estimate of drug-likeness (QED) is 0.719. The number of nitrogens with zero attached hydrogens (tertiary/aromatic N) is 1. The Balaban J connectivity index is 1.31. The molecule has 4 rings (SSSR count). The molecule has 138 valence electrons. The number of para-hydroxylation sites is 1. The number of fused-ring (bicyclic) bond motifs is 1. The predicted octanol–water partition coefficient (Wildman–Crippen LogP) is 1.15. The van der Waals surface area contributed by atoms with E-state index in [1.165, 1.54) is 12.8 Å². The minimum atomic E-state index is -0.704. The molecule has 0 unspecified atom stereocenters. The molecule has 0 bridgehead atoms. The maximum atomic E-state index is 12.4. The van der Waals surface area contributed by atoms with Crippen LogP contribution in [0.25, 0.3) is 11.0 Å². The summed E-state index contributed by atoms with van der Waals surface area (Å²) in [5.74, 6) is 0.127. The van der Waals surface area contributed by atoms with Crippen LogP contribution in [0.5, 0.6) is 0 Å². The van der Waals surface area contributed by atoms with E-state index in [9.17, 15) is 14.7 Å². The highest BCUT2D eigenvalue weighted by Crippen LogP contribution is 2.29. The van der Waals surface area contributed by atoms with Gasteiger partial charge in [0.25, 0.3) is 0 Å². The van der Waals surface area contributed by atoms with Crippen molar-refractivity contribution >= 4 is 22.8 Å². The van der Waals surface area contributed by atoms with Gasteiger partial charge in [0.15, 0.2) is 5.58 Å². The average molecular weight is 357 g/mol. The number of aliphatic hydroxyl groups is 1. The molecule has 2 aromatic rings. The molecular weight excluding hydrogens is 334 g/mol. The first-order valence-corrected chi connectivity index (χ1v) is 9.18. The summed E-state index contributed by atoms with van der Waals surface area (Å²) >= 11 is 0. The summed E-state index contributed by atoms with van der Waals surface area (Å²) in [5, 5.41) is 20.8. The third kappa shape index (κ3) is 3.72. The van der Waals surface area contributed by atoms with Crippen LogP contribution in [0.15, 0.2) is 28.8 Å². The summed E-state index contributed by atoms with van der Waals surface area (Å²) < 4.78 is 5.21. The van der Waals surface area contributed by atoms with Gasteiger partial charge in [0, 0.05) is 17.8 Å². The molecule has 7 nitrogen and oxygen atoms in total. The Labute approximate surface area is 151 Å². The summed E-state index contributed by atoms with van der Waals surface area (Å²) in [7, 11) is 0. The number of rotatable bonds is 6. The van der Waals surface area contributed by atoms with Crippen LogP contribution in [-0.2, 0) is 16.0 Å². The van der Waals surface area contributed by atoms with Crippen molar-refractivity contribution in [3.05, 3.63) is 30.0 Å². The standard InChI is InChI=1S/C19H23N3O4/c23-16-8-12(19(25)20-10-11-5-6-11)7-15(16)21-18(24)9-14-13-3-1-2-4-17(13)26-22-14/h1-4,11-12,15-16,23H,5-10H2,(H,20,25)(H,21,24)/t12-,15-,16-/m0/s1. The van der Waals surface area contributed by atoms with Crippen molar-refractivity contribution < 1.29 is 19.2 Å². The molecule has 2 fully saturated rings. The fourth-order valence-corrected chi connectivity index (χ4v) is 3.57. The van der Waals surface area contributed by atoms with Gasteiger partial charge in [-0.25, -0.2) is 0 Å². The highest BCUT2D eigenvalue weighted by molar-refractivity contribution is 5.86. The molecule has 2 amide bonds. The first-order chi connectivity index (χ1) is 12.6. The fourth-order valence-electron chi connectivity index (χ4n) is 3.57. The van der Waals surface area contributed by atoms with E-state index in [0.717, 1.165) is 11.9 Å². The van der Waals surface area contributed by atoms with Crippen LogP contribution in [0.3, 0.4) is 0 Å². The van der Waals surface area contributed by atoms with E-state index >= 15 is 0 Å². The van der Waals surface area contributed by atoms with Crippen molar-refractivity contribution in [2.75, 3.05) is 6.54 Å². The Morgan fingerprint density at radius 2 is 2.04 bits per heavy atom. The lowest BCUT2D eigenvalue weighted by Gasteiger charge is -2.16. The second-order valence-corrected chi connectivity index (χ2v) is 7.40. The molecular formula is C19H23N3O4. The second kappa shape index (κ2) is 7.07. The van der Waals surface area contributed by atoms with Gasteiger partial charge >= 0.3 is 0 Å². The molecule has 0 aliphatic heterocycles. The summed E-state index contributed by atoms with van der Waals surface area (Å²) in [5.41, 5.74) is 1.22. The van der Waals surface area contributed by atoms with Crippen molar-refractivity contribution in [3.8, 4) is 0 Å². The maximum Gasteiger partial charge on any atom is 0.226 e. The molecule has 26 heavy (non-hydrogen) atoms. The van der Waals surface area contributed by atoms with E-state index < -0.39 is 12.1 Å². The van der Waals surface area contributed by atoms with Gasteiger partial charge in [0.2, 0.25) is 11.8 Å². The molecule has 2 saturated carbocycles. The van der Waals surface area contributed by atoms with Gasteiger partial charge in [0.1, 0.15) is 5.69 Å². The third-order valence-electron chi connectivity index (χ3n) is 5.29. The Morgan fingerprint density at radius 1 is 1.23 bits per heavy atom. The van der Waals surface area contributed by atoms with Gasteiger partial charge in [-0.1, -0.05) is 17.3 Å². The van der Waals surface area contributed by atoms with Gasteiger partial charge < -0.3 is 20.3 Å². The normalized spacial score (nSPS) is 25.3. The molecule has 0 radical (unpaired) electrons. The van der Waals surface area contributed by atoms with Gasteiger partial charge in [-0.05, 0) is 43.7 Å². The molecule has 1 heterocycles. The number of nitrogens with one attached hydrogen (secondary N) is 2. The number of hydrogen-bond acceptors (Lipinski definition) is 5. The summed E-state index contributed by atoms with van der Waals surface area (Å²) in [6.07, 6.45) is 2.59. The number of hydrogen-bond donors (Lipinski definition) is 3. The molecule has 7 heteroatoms. The number of carbonyl (C=O) groups excluding carboxylic acids is 2. The minimum Gasteiger partial charge on any atom is -0.391 e. The minimum absolute atomic E-state index is 0.0183. The number of aromatic nitrogens is 1. The number of aliphatic hydroxyl groups excluding tert-OH is 1. The predicted molar refractivity (Wildman–Crippen MR) is 94.1 cm³/mol. The lowest BCUT2D eigenvalue weighted by molar-refractivity contribution is -0.125.